The fourth-order valence-corrected chi connectivity index (χ4v) is 5.68. The first kappa shape index (κ1) is 29.0. The van der Waals surface area contributed by atoms with E-state index in [1.165, 1.54) is 0 Å². The molecule has 8 nitrogen and oxygen atoms in total. The van der Waals surface area contributed by atoms with E-state index < -0.39 is 5.92 Å². The van der Waals surface area contributed by atoms with Crippen LogP contribution in [-0.2, 0) is 16.1 Å². The fourth-order valence-electron chi connectivity index (χ4n) is 5.41. The van der Waals surface area contributed by atoms with Crippen LogP contribution in [0.25, 0.3) is 0 Å². The highest BCUT2D eigenvalue weighted by Crippen LogP contribution is 2.50. The molecule has 0 unspecified atom stereocenters. The molecule has 2 N–H and O–H groups in total. The molecule has 0 aromatic heterocycles. The maximum absolute atomic E-state index is 13.7. The lowest BCUT2D eigenvalue weighted by Gasteiger charge is -2.43. The molecule has 2 aliphatic rings. The van der Waals surface area contributed by atoms with Crippen LogP contribution in [0.3, 0.4) is 0 Å². The zero-order valence-electron chi connectivity index (χ0n) is 23.2. The highest BCUT2D eigenvalue weighted by atomic mass is 35.5. The average Bonchev–Trinajstić information content (AvgIpc) is 2.91. The molecule has 2 aromatic carbocycles. The number of ketones is 1. The van der Waals surface area contributed by atoms with Crippen LogP contribution in [0.1, 0.15) is 56.2 Å². The third-order valence-electron chi connectivity index (χ3n) is 7.18. The Morgan fingerprint density at radius 1 is 1.15 bits per heavy atom. The molecule has 9 heteroatoms. The first-order valence-corrected chi connectivity index (χ1v) is 13.5. The van der Waals surface area contributed by atoms with Crippen molar-refractivity contribution in [3.05, 3.63) is 80.8 Å². The summed E-state index contributed by atoms with van der Waals surface area (Å²) in [6, 6.07) is 15.1. The minimum absolute atomic E-state index is 0.0264. The predicted molar refractivity (Wildman–Crippen MR) is 151 cm³/mol. The molecular formula is C31H33ClN4O4. The zero-order chi connectivity index (χ0) is 29.0. The van der Waals surface area contributed by atoms with Gasteiger partial charge in [-0.1, -0.05) is 43.6 Å². The fraction of sp³-hybridized carbons (Fsp3) is 0.387. The summed E-state index contributed by atoms with van der Waals surface area (Å²) in [7, 11) is 1.60. The quantitative estimate of drug-likeness (QED) is 0.422. The molecular weight excluding hydrogens is 528 g/mol. The Balaban J connectivity index is 1.82. The Kier molecular flexibility index (Phi) is 8.73. The summed E-state index contributed by atoms with van der Waals surface area (Å²) >= 11 is 6.78. The maximum Gasteiger partial charge on any atom is 0.180 e. The van der Waals surface area contributed by atoms with Gasteiger partial charge in [-0.15, -0.1) is 0 Å². The number of ether oxygens (including phenoxy) is 3. The monoisotopic (exact) mass is 560 g/mol. The lowest BCUT2D eigenvalue weighted by atomic mass is 9.68. The highest BCUT2D eigenvalue weighted by molar-refractivity contribution is 6.32. The number of allylic oxidation sites excluding steroid dienone is 3. The zero-order valence-corrected chi connectivity index (χ0v) is 24.0. The summed E-state index contributed by atoms with van der Waals surface area (Å²) in [5.41, 5.74) is 9.82. The van der Waals surface area contributed by atoms with E-state index in [1.54, 1.807) is 31.4 Å². The molecule has 208 valence electrons. The van der Waals surface area contributed by atoms with Crippen LogP contribution in [0.15, 0.2) is 59.1 Å². The average molecular weight is 561 g/mol. The van der Waals surface area contributed by atoms with Gasteiger partial charge in [0.15, 0.2) is 17.3 Å². The first-order chi connectivity index (χ1) is 19.1. The van der Waals surface area contributed by atoms with Gasteiger partial charge < -0.3 is 24.8 Å². The lowest BCUT2D eigenvalue weighted by molar-refractivity contribution is -0.118. The molecule has 0 fully saturated rings. The maximum atomic E-state index is 13.7. The van der Waals surface area contributed by atoms with Crippen molar-refractivity contribution < 1.29 is 19.0 Å². The SMILES string of the molecule is CCOc1cc([C@H]2C(C#N)=C(N)N(CCOC)C3=C2C(=O)CC(C)(C)C3)cc(Cl)c1OCc1ccccc1C#N. The normalized spacial score (nSPS) is 18.2. The van der Waals surface area contributed by atoms with Crippen LogP contribution in [0, 0.1) is 28.1 Å². The van der Waals surface area contributed by atoms with E-state index in [1.807, 2.05) is 24.0 Å². The van der Waals surface area contributed by atoms with Crippen LogP contribution in [0.5, 0.6) is 11.5 Å². The Morgan fingerprint density at radius 2 is 1.90 bits per heavy atom. The number of nitrogens with two attached hydrogens (primary N) is 1. The molecule has 1 atom stereocenters. The van der Waals surface area contributed by atoms with Crippen molar-refractivity contribution in [3.8, 4) is 23.6 Å². The predicted octanol–water partition coefficient (Wildman–Crippen LogP) is 5.57. The number of hydrogen-bond donors (Lipinski definition) is 1. The van der Waals surface area contributed by atoms with Crippen molar-refractivity contribution in [2.45, 2.75) is 46.1 Å². The Bertz CT molecular complexity index is 1460. The number of methoxy groups -OCH3 is 1. The van der Waals surface area contributed by atoms with E-state index in [2.05, 4.69) is 26.0 Å². The third kappa shape index (κ3) is 5.65. The Labute approximate surface area is 240 Å². The van der Waals surface area contributed by atoms with Gasteiger partial charge in [-0.25, -0.2) is 0 Å². The Hall–Kier alpha value is -3.98. The van der Waals surface area contributed by atoms with Crippen LogP contribution in [-0.4, -0.2) is 37.6 Å². The topological polar surface area (TPSA) is 122 Å². The first-order valence-electron chi connectivity index (χ1n) is 13.1. The molecule has 0 radical (unpaired) electrons. The van der Waals surface area contributed by atoms with E-state index in [-0.39, 0.29) is 28.4 Å². The number of nitriles is 2. The van der Waals surface area contributed by atoms with Crippen molar-refractivity contribution in [2.24, 2.45) is 11.1 Å². The molecule has 1 heterocycles. The Morgan fingerprint density at radius 3 is 2.58 bits per heavy atom. The van der Waals surface area contributed by atoms with Crippen molar-refractivity contribution in [1.82, 2.24) is 4.90 Å². The standard InChI is InChI=1S/C31H33ClN4O4/c1-5-39-26-13-21(12-23(32)29(26)40-18-20-9-7-6-8-19(20)16-33)27-22(17-34)30(35)36(10-11-38-4)24-14-31(2,3)15-25(37)28(24)27/h6-9,12-13,27H,5,10-11,14-15,18,35H2,1-4H3/t27-/m0/s1. The largest absolute Gasteiger partial charge is 0.490 e. The number of Topliss-reactive ketones (excluding diaryl/α,β-unsaturated/α-hetero) is 1. The van der Waals surface area contributed by atoms with Gasteiger partial charge in [-0.3, -0.25) is 4.79 Å². The van der Waals surface area contributed by atoms with Crippen LogP contribution in [0.4, 0.5) is 0 Å². The number of rotatable bonds is 9. The number of halogens is 1. The molecule has 2 aromatic rings. The van der Waals surface area contributed by atoms with Gasteiger partial charge in [-0.05, 0) is 42.5 Å². The molecule has 0 bridgehead atoms. The second kappa shape index (κ2) is 12.0. The second-order valence-electron chi connectivity index (χ2n) is 10.6. The summed E-state index contributed by atoms with van der Waals surface area (Å²) in [6.45, 7) is 7.21. The lowest BCUT2D eigenvalue weighted by Crippen LogP contribution is -2.43. The number of carbonyl (C=O) groups is 1. The molecule has 4 rings (SSSR count). The smallest absolute Gasteiger partial charge is 0.180 e. The minimum atomic E-state index is -0.701. The third-order valence-corrected chi connectivity index (χ3v) is 7.46. The van der Waals surface area contributed by atoms with E-state index in [0.717, 1.165) is 5.70 Å². The van der Waals surface area contributed by atoms with Gasteiger partial charge in [0.2, 0.25) is 0 Å². The van der Waals surface area contributed by atoms with Crippen LogP contribution >= 0.6 is 11.6 Å². The van der Waals surface area contributed by atoms with E-state index in [4.69, 9.17) is 31.5 Å². The highest BCUT2D eigenvalue weighted by Gasteiger charge is 2.44. The summed E-state index contributed by atoms with van der Waals surface area (Å²) in [5.74, 6) is 0.270. The van der Waals surface area contributed by atoms with Gasteiger partial charge in [0.1, 0.15) is 12.4 Å². The second-order valence-corrected chi connectivity index (χ2v) is 11.0. The molecule has 40 heavy (non-hydrogen) atoms. The van der Waals surface area contributed by atoms with Crippen LogP contribution < -0.4 is 15.2 Å². The van der Waals surface area contributed by atoms with Gasteiger partial charge >= 0.3 is 0 Å². The number of nitrogens with zero attached hydrogens (tertiary/aromatic N) is 3. The van der Waals surface area contributed by atoms with Crippen LogP contribution in [0.2, 0.25) is 5.02 Å². The van der Waals surface area contributed by atoms with E-state index in [0.29, 0.717) is 72.2 Å². The van der Waals surface area contributed by atoms with Gasteiger partial charge in [0, 0.05) is 36.9 Å². The van der Waals surface area contributed by atoms with Crippen molar-refractivity contribution >= 4 is 17.4 Å². The molecule has 0 saturated carbocycles. The van der Waals surface area contributed by atoms with E-state index >= 15 is 0 Å². The summed E-state index contributed by atoms with van der Waals surface area (Å²) < 4.78 is 17.3. The summed E-state index contributed by atoms with van der Waals surface area (Å²) in [4.78, 5) is 15.5. The minimum Gasteiger partial charge on any atom is -0.490 e. The molecule has 0 amide bonds. The van der Waals surface area contributed by atoms with Crippen molar-refractivity contribution in [1.29, 1.82) is 10.5 Å². The van der Waals surface area contributed by atoms with Crippen molar-refractivity contribution in [3.63, 3.8) is 0 Å². The van der Waals surface area contributed by atoms with Crippen molar-refractivity contribution in [2.75, 3.05) is 26.9 Å². The molecule has 1 aliphatic heterocycles. The molecule has 1 aliphatic carbocycles. The van der Waals surface area contributed by atoms with E-state index in [9.17, 15) is 15.3 Å². The molecule has 0 saturated heterocycles. The van der Waals surface area contributed by atoms with Gasteiger partial charge in [-0.2, -0.15) is 10.5 Å². The number of hydrogen-bond acceptors (Lipinski definition) is 8. The number of carbonyl (C=O) groups excluding carboxylic acids is 1. The van der Waals surface area contributed by atoms with Gasteiger partial charge in [0.05, 0.1) is 47.4 Å². The summed E-state index contributed by atoms with van der Waals surface area (Å²) in [5, 5.41) is 20.0. The molecule has 0 spiro atoms. The number of benzene rings is 2. The van der Waals surface area contributed by atoms with Gasteiger partial charge in [0.25, 0.3) is 0 Å². The summed E-state index contributed by atoms with van der Waals surface area (Å²) in [6.07, 6.45) is 0.976.